The first-order valence-corrected chi connectivity index (χ1v) is 11.5. The SMILES string of the molecule is O=C1c2cc(C(F)(F)F)ccc2N2CN1c1ccc(=O)[nH]c1CCCCCCc1cc(F)ccc12. The van der Waals surface area contributed by atoms with Gasteiger partial charge in [0.15, 0.2) is 0 Å². The van der Waals surface area contributed by atoms with Crippen LogP contribution < -0.4 is 15.4 Å². The van der Waals surface area contributed by atoms with Crippen molar-refractivity contribution in [2.45, 2.75) is 44.7 Å². The molecule has 1 N–H and O–H groups in total. The number of rotatable bonds is 0. The van der Waals surface area contributed by atoms with E-state index >= 15 is 0 Å². The van der Waals surface area contributed by atoms with E-state index in [2.05, 4.69) is 4.98 Å². The molecule has 0 radical (unpaired) electrons. The van der Waals surface area contributed by atoms with Crippen molar-refractivity contribution in [3.8, 4) is 0 Å². The van der Waals surface area contributed by atoms with Gasteiger partial charge in [0.1, 0.15) is 12.5 Å². The second kappa shape index (κ2) is 8.87. The number of nitrogens with one attached hydrogen (secondary N) is 1. The van der Waals surface area contributed by atoms with Crippen molar-refractivity contribution < 1.29 is 22.4 Å². The van der Waals surface area contributed by atoms with Gasteiger partial charge in [-0.25, -0.2) is 4.39 Å². The van der Waals surface area contributed by atoms with Gasteiger partial charge < -0.3 is 9.88 Å². The molecular weight excluding hydrogens is 462 g/mol. The van der Waals surface area contributed by atoms with E-state index in [-0.39, 0.29) is 17.8 Å². The fraction of sp³-hybridized carbons (Fsp3) is 0.308. The van der Waals surface area contributed by atoms with E-state index in [0.717, 1.165) is 43.4 Å². The van der Waals surface area contributed by atoms with Crippen LogP contribution in [0.3, 0.4) is 0 Å². The predicted molar refractivity (Wildman–Crippen MR) is 125 cm³/mol. The van der Waals surface area contributed by atoms with Crippen LogP contribution in [0.15, 0.2) is 53.3 Å². The highest BCUT2D eigenvalue weighted by Crippen LogP contribution is 2.41. The van der Waals surface area contributed by atoms with E-state index in [9.17, 15) is 27.2 Å². The minimum absolute atomic E-state index is 0.00880. The number of aryl methyl sites for hydroxylation is 2. The lowest BCUT2D eigenvalue weighted by molar-refractivity contribution is -0.137. The summed E-state index contributed by atoms with van der Waals surface area (Å²) in [5, 5.41) is 0. The van der Waals surface area contributed by atoms with Gasteiger partial charge in [-0.15, -0.1) is 0 Å². The molecule has 0 unspecified atom stereocenters. The molecule has 9 heteroatoms. The van der Waals surface area contributed by atoms with E-state index < -0.39 is 23.5 Å². The number of nitrogens with zero attached hydrogens (tertiary/aromatic N) is 2. The molecule has 2 bridgehead atoms. The number of H-pyrrole nitrogens is 1. The Morgan fingerprint density at radius 3 is 2.26 bits per heavy atom. The van der Waals surface area contributed by atoms with Gasteiger partial charge in [-0.1, -0.05) is 12.8 Å². The van der Waals surface area contributed by atoms with Crippen molar-refractivity contribution in [1.29, 1.82) is 0 Å². The molecular formula is C26H23F4N3O2. The number of carbonyl (C=O) groups excluding carboxylic acids is 1. The summed E-state index contributed by atoms with van der Waals surface area (Å²) in [5.41, 5.74) is 1.37. The summed E-state index contributed by atoms with van der Waals surface area (Å²) in [5.74, 6) is -0.984. The quantitative estimate of drug-likeness (QED) is 0.401. The number of hydrogen-bond acceptors (Lipinski definition) is 3. The zero-order chi connectivity index (χ0) is 24.7. The molecule has 0 fully saturated rings. The van der Waals surface area contributed by atoms with Gasteiger partial charge in [-0.2, -0.15) is 13.2 Å². The summed E-state index contributed by atoms with van der Waals surface area (Å²) >= 11 is 0. The normalized spacial score (nSPS) is 16.4. The monoisotopic (exact) mass is 485 g/mol. The number of anilines is 3. The maximum Gasteiger partial charge on any atom is 0.416 e. The molecule has 5 nitrogen and oxygen atoms in total. The largest absolute Gasteiger partial charge is 0.416 e. The van der Waals surface area contributed by atoms with E-state index in [0.29, 0.717) is 35.6 Å². The summed E-state index contributed by atoms with van der Waals surface area (Å²) in [4.78, 5) is 31.6. The molecule has 3 heterocycles. The third-order valence-corrected chi connectivity index (χ3v) is 6.59. The molecule has 5 rings (SSSR count). The van der Waals surface area contributed by atoms with Crippen LogP contribution in [0.5, 0.6) is 0 Å². The van der Waals surface area contributed by atoms with Crippen molar-refractivity contribution in [3.63, 3.8) is 0 Å². The minimum Gasteiger partial charge on any atom is -0.324 e. The van der Waals surface area contributed by atoms with E-state index in [1.807, 2.05) is 0 Å². The third-order valence-electron chi connectivity index (χ3n) is 6.59. The number of aromatic amines is 1. The highest BCUT2D eigenvalue weighted by atomic mass is 19.4. The number of benzene rings is 2. The van der Waals surface area contributed by atoms with Gasteiger partial charge in [0.25, 0.3) is 5.91 Å². The average molecular weight is 485 g/mol. The molecule has 2 aliphatic rings. The number of halogens is 4. The number of aromatic nitrogens is 1. The van der Waals surface area contributed by atoms with Crippen molar-refractivity contribution >= 4 is 23.0 Å². The number of amides is 1. The van der Waals surface area contributed by atoms with Gasteiger partial charge in [0.05, 0.1) is 22.5 Å². The fourth-order valence-corrected chi connectivity index (χ4v) is 4.88. The Labute approximate surface area is 199 Å². The van der Waals surface area contributed by atoms with E-state index in [1.165, 1.54) is 35.2 Å². The summed E-state index contributed by atoms with van der Waals surface area (Å²) in [6.45, 7) is 0.00880. The van der Waals surface area contributed by atoms with Crippen LogP contribution in [-0.4, -0.2) is 17.6 Å². The average Bonchev–Trinajstić information content (AvgIpc) is 2.82. The highest BCUT2D eigenvalue weighted by molar-refractivity contribution is 6.13. The molecule has 2 aromatic carbocycles. The molecule has 182 valence electrons. The van der Waals surface area contributed by atoms with Crippen LogP contribution in [0.1, 0.15) is 52.9 Å². The molecule has 1 amide bonds. The van der Waals surface area contributed by atoms with Crippen LogP contribution in [-0.2, 0) is 19.0 Å². The Morgan fingerprint density at radius 2 is 1.49 bits per heavy atom. The second-order valence-corrected chi connectivity index (χ2v) is 8.91. The topological polar surface area (TPSA) is 56.4 Å². The first kappa shape index (κ1) is 23.1. The third kappa shape index (κ3) is 4.42. The number of fused-ring (bicyclic) bond motifs is 8. The number of hydrogen-bond donors (Lipinski definition) is 1. The first-order chi connectivity index (χ1) is 16.7. The van der Waals surface area contributed by atoms with Crippen LogP contribution in [0.25, 0.3) is 0 Å². The zero-order valence-corrected chi connectivity index (χ0v) is 18.8. The molecule has 2 aliphatic heterocycles. The number of alkyl halides is 3. The molecule has 0 atom stereocenters. The first-order valence-electron chi connectivity index (χ1n) is 11.5. The molecule has 0 saturated heterocycles. The summed E-state index contributed by atoms with van der Waals surface area (Å²) in [6, 6.07) is 10.3. The van der Waals surface area contributed by atoms with Gasteiger partial charge in [-0.3, -0.25) is 14.5 Å². The summed E-state index contributed by atoms with van der Waals surface area (Å²) in [6.07, 6.45) is -0.145. The minimum atomic E-state index is -4.62. The Bertz CT molecular complexity index is 1350. The Hall–Kier alpha value is -3.62. The smallest absolute Gasteiger partial charge is 0.324 e. The lowest BCUT2D eigenvalue weighted by Gasteiger charge is -2.39. The van der Waals surface area contributed by atoms with Crippen molar-refractivity contribution in [2.24, 2.45) is 0 Å². The second-order valence-electron chi connectivity index (χ2n) is 8.91. The van der Waals surface area contributed by atoms with Crippen molar-refractivity contribution in [2.75, 3.05) is 16.5 Å². The molecule has 0 spiro atoms. The van der Waals surface area contributed by atoms with Crippen molar-refractivity contribution in [3.05, 3.63) is 87.1 Å². The standard InChI is InChI=1S/C26H23F4N3O2/c27-18-8-10-21-16(13-18)5-3-1-2-4-6-20-23(11-12-24(34)31-20)33-15-32(21)22-9-7-17(26(28,29)30)14-19(22)25(33)35/h7-14H,1-6,15H2,(H,31,34). The van der Waals surface area contributed by atoms with Crippen LogP contribution in [0, 0.1) is 5.82 Å². The maximum atomic E-state index is 14.2. The predicted octanol–water partition coefficient (Wildman–Crippen LogP) is 5.95. The lowest BCUT2D eigenvalue weighted by Crippen LogP contribution is -2.46. The molecule has 35 heavy (non-hydrogen) atoms. The van der Waals surface area contributed by atoms with Crippen LogP contribution in [0.4, 0.5) is 34.6 Å². The highest BCUT2D eigenvalue weighted by Gasteiger charge is 2.37. The number of carbonyl (C=O) groups is 1. The Balaban J connectivity index is 1.74. The van der Waals surface area contributed by atoms with Crippen LogP contribution >= 0.6 is 0 Å². The lowest BCUT2D eigenvalue weighted by atomic mass is 10.00. The van der Waals surface area contributed by atoms with Crippen LogP contribution in [0.2, 0.25) is 0 Å². The Kier molecular flexibility index (Phi) is 5.86. The summed E-state index contributed by atoms with van der Waals surface area (Å²) in [7, 11) is 0. The molecule has 0 saturated carbocycles. The van der Waals surface area contributed by atoms with Gasteiger partial charge >= 0.3 is 6.18 Å². The zero-order valence-electron chi connectivity index (χ0n) is 18.8. The van der Waals surface area contributed by atoms with Crippen molar-refractivity contribution in [1.82, 2.24) is 4.98 Å². The number of pyridine rings is 1. The fourth-order valence-electron chi connectivity index (χ4n) is 4.88. The Morgan fingerprint density at radius 1 is 0.771 bits per heavy atom. The van der Waals surface area contributed by atoms with Gasteiger partial charge in [0.2, 0.25) is 5.56 Å². The van der Waals surface area contributed by atoms with Gasteiger partial charge in [-0.05, 0) is 73.7 Å². The molecule has 1 aromatic heterocycles. The molecule has 3 aromatic rings. The van der Waals surface area contributed by atoms with E-state index in [1.54, 1.807) is 11.0 Å². The summed E-state index contributed by atoms with van der Waals surface area (Å²) < 4.78 is 54.8. The molecule has 0 aliphatic carbocycles. The van der Waals surface area contributed by atoms with Gasteiger partial charge in [0, 0.05) is 17.4 Å². The maximum absolute atomic E-state index is 14.2. The van der Waals surface area contributed by atoms with E-state index in [4.69, 9.17) is 0 Å².